The average Bonchev–Trinajstić information content (AvgIpc) is 2.41. The molecule has 0 bridgehead atoms. The number of rotatable bonds is 9. The molecule has 1 atom stereocenters. The number of hydrogen-bond donors (Lipinski definition) is 2. The van der Waals surface area contributed by atoms with Crippen molar-refractivity contribution in [2.24, 2.45) is 0 Å². The SMILES string of the molecule is CCCCCC(C)NS(=O)(=O)c1cnc(NCC)c(Cl)c1. The van der Waals surface area contributed by atoms with Gasteiger partial charge in [0.1, 0.15) is 10.7 Å². The first kappa shape index (κ1) is 18.2. The molecular formula is C14H24ClN3O2S. The Bertz CT molecular complexity index is 549. The largest absolute Gasteiger partial charge is 0.369 e. The van der Waals surface area contributed by atoms with Crippen molar-refractivity contribution in [3.63, 3.8) is 0 Å². The molecule has 5 nitrogen and oxygen atoms in total. The summed E-state index contributed by atoms with van der Waals surface area (Å²) in [4.78, 5) is 4.15. The zero-order valence-electron chi connectivity index (χ0n) is 12.8. The standard InChI is InChI=1S/C14H24ClN3O2S/c1-4-6-7-8-11(3)18-21(19,20)12-9-13(15)14(16-5-2)17-10-12/h9-11,18H,4-8H2,1-3H3,(H,16,17). The number of nitrogens with one attached hydrogen (secondary N) is 2. The molecule has 1 aromatic heterocycles. The normalized spacial score (nSPS) is 13.1. The highest BCUT2D eigenvalue weighted by Crippen LogP contribution is 2.22. The van der Waals surface area contributed by atoms with Crippen LogP contribution < -0.4 is 10.0 Å². The van der Waals surface area contributed by atoms with E-state index in [0.717, 1.165) is 25.7 Å². The molecule has 1 unspecified atom stereocenters. The highest BCUT2D eigenvalue weighted by Gasteiger charge is 2.19. The van der Waals surface area contributed by atoms with Gasteiger partial charge in [0.2, 0.25) is 10.0 Å². The van der Waals surface area contributed by atoms with Crippen molar-refractivity contribution >= 4 is 27.4 Å². The van der Waals surface area contributed by atoms with Crippen LogP contribution in [0.1, 0.15) is 46.5 Å². The topological polar surface area (TPSA) is 71.1 Å². The zero-order chi connectivity index (χ0) is 15.9. The molecule has 1 heterocycles. The van der Waals surface area contributed by atoms with Gasteiger partial charge in [0.15, 0.2) is 0 Å². The maximum absolute atomic E-state index is 12.3. The van der Waals surface area contributed by atoms with E-state index in [1.165, 1.54) is 12.3 Å². The van der Waals surface area contributed by atoms with Crippen molar-refractivity contribution in [2.45, 2.75) is 57.4 Å². The number of anilines is 1. The molecule has 0 saturated heterocycles. The molecule has 21 heavy (non-hydrogen) atoms. The van der Waals surface area contributed by atoms with E-state index in [9.17, 15) is 8.42 Å². The van der Waals surface area contributed by atoms with E-state index in [1.54, 1.807) is 0 Å². The third-order valence-corrected chi connectivity index (χ3v) is 4.91. The van der Waals surface area contributed by atoms with Gasteiger partial charge in [0.25, 0.3) is 0 Å². The number of unbranched alkanes of at least 4 members (excludes halogenated alkanes) is 2. The molecule has 0 aliphatic rings. The van der Waals surface area contributed by atoms with Crippen molar-refractivity contribution in [3.05, 3.63) is 17.3 Å². The molecule has 1 aromatic rings. The van der Waals surface area contributed by atoms with Gasteiger partial charge in [-0.05, 0) is 26.3 Å². The summed E-state index contributed by atoms with van der Waals surface area (Å²) in [6.07, 6.45) is 5.38. The molecule has 0 fully saturated rings. The third-order valence-electron chi connectivity index (χ3n) is 3.07. The second kappa shape index (κ2) is 8.56. The van der Waals surface area contributed by atoms with Gasteiger partial charge in [0, 0.05) is 18.8 Å². The molecule has 0 aromatic carbocycles. The van der Waals surface area contributed by atoms with Crippen LogP contribution in [0, 0.1) is 0 Å². The van der Waals surface area contributed by atoms with E-state index in [-0.39, 0.29) is 10.9 Å². The number of aromatic nitrogens is 1. The fraction of sp³-hybridized carbons (Fsp3) is 0.643. The van der Waals surface area contributed by atoms with Gasteiger partial charge in [-0.25, -0.2) is 18.1 Å². The summed E-state index contributed by atoms with van der Waals surface area (Å²) in [5.74, 6) is 0.495. The number of nitrogens with zero attached hydrogens (tertiary/aromatic N) is 1. The van der Waals surface area contributed by atoms with Crippen LogP contribution >= 0.6 is 11.6 Å². The van der Waals surface area contributed by atoms with E-state index in [1.807, 2.05) is 13.8 Å². The predicted octanol–water partition coefficient (Wildman–Crippen LogP) is 3.41. The van der Waals surface area contributed by atoms with E-state index < -0.39 is 10.0 Å². The van der Waals surface area contributed by atoms with Gasteiger partial charge in [-0.15, -0.1) is 0 Å². The lowest BCUT2D eigenvalue weighted by Crippen LogP contribution is -2.32. The first-order chi connectivity index (χ1) is 9.90. The van der Waals surface area contributed by atoms with E-state index in [4.69, 9.17) is 11.6 Å². The monoisotopic (exact) mass is 333 g/mol. The maximum atomic E-state index is 12.3. The highest BCUT2D eigenvalue weighted by molar-refractivity contribution is 7.89. The van der Waals surface area contributed by atoms with E-state index in [0.29, 0.717) is 17.4 Å². The molecule has 0 spiro atoms. The van der Waals surface area contributed by atoms with Crippen molar-refractivity contribution in [1.29, 1.82) is 0 Å². The van der Waals surface area contributed by atoms with Crippen molar-refractivity contribution in [3.8, 4) is 0 Å². The Labute approximate surface area is 132 Å². The van der Waals surface area contributed by atoms with Gasteiger partial charge < -0.3 is 5.32 Å². The fourth-order valence-corrected chi connectivity index (χ4v) is 3.50. The minimum Gasteiger partial charge on any atom is -0.369 e. The second-order valence-corrected chi connectivity index (χ2v) is 7.17. The van der Waals surface area contributed by atoms with Crippen LogP contribution in [0.15, 0.2) is 17.2 Å². The second-order valence-electron chi connectivity index (χ2n) is 5.05. The molecule has 0 saturated carbocycles. The fourth-order valence-electron chi connectivity index (χ4n) is 1.96. The zero-order valence-corrected chi connectivity index (χ0v) is 14.4. The first-order valence-electron chi connectivity index (χ1n) is 7.32. The minimum absolute atomic E-state index is 0.0940. The summed E-state index contributed by atoms with van der Waals surface area (Å²) in [5, 5.41) is 3.28. The Kier molecular flexibility index (Phi) is 7.42. The van der Waals surface area contributed by atoms with Crippen molar-refractivity contribution in [1.82, 2.24) is 9.71 Å². The van der Waals surface area contributed by atoms with E-state index in [2.05, 4.69) is 21.9 Å². The van der Waals surface area contributed by atoms with Crippen LogP contribution in [0.2, 0.25) is 5.02 Å². The Balaban J connectivity index is 2.76. The summed E-state index contributed by atoms with van der Waals surface area (Å²) in [7, 11) is -3.58. The molecule has 1 rings (SSSR count). The smallest absolute Gasteiger partial charge is 0.242 e. The quantitative estimate of drug-likeness (QED) is 0.679. The highest BCUT2D eigenvalue weighted by atomic mass is 35.5. The molecule has 0 amide bonds. The lowest BCUT2D eigenvalue weighted by molar-refractivity contribution is 0.527. The van der Waals surface area contributed by atoms with Gasteiger partial charge in [-0.2, -0.15) is 0 Å². The molecule has 120 valence electrons. The first-order valence-corrected chi connectivity index (χ1v) is 9.18. The van der Waals surface area contributed by atoms with Gasteiger partial charge in [-0.3, -0.25) is 0 Å². The van der Waals surface area contributed by atoms with Crippen LogP contribution in [-0.2, 0) is 10.0 Å². The summed E-state index contributed by atoms with van der Waals surface area (Å²) in [6, 6.07) is 1.32. The number of sulfonamides is 1. The molecule has 0 aliphatic heterocycles. The third kappa shape index (κ3) is 5.80. The van der Waals surface area contributed by atoms with Crippen molar-refractivity contribution < 1.29 is 8.42 Å². The van der Waals surface area contributed by atoms with Crippen LogP contribution in [0.3, 0.4) is 0 Å². The van der Waals surface area contributed by atoms with Crippen LogP contribution in [0.4, 0.5) is 5.82 Å². The molecular weight excluding hydrogens is 310 g/mol. The number of pyridine rings is 1. The summed E-state index contributed by atoms with van der Waals surface area (Å²) in [5.41, 5.74) is 0. The summed E-state index contributed by atoms with van der Waals surface area (Å²) in [6.45, 7) is 6.58. The maximum Gasteiger partial charge on any atom is 0.242 e. The van der Waals surface area contributed by atoms with E-state index >= 15 is 0 Å². The summed E-state index contributed by atoms with van der Waals surface area (Å²) < 4.78 is 27.2. The van der Waals surface area contributed by atoms with Crippen molar-refractivity contribution in [2.75, 3.05) is 11.9 Å². The Morgan fingerprint density at radius 2 is 2.05 bits per heavy atom. The van der Waals surface area contributed by atoms with Gasteiger partial charge >= 0.3 is 0 Å². The van der Waals surface area contributed by atoms with Gasteiger partial charge in [-0.1, -0.05) is 37.8 Å². The molecule has 0 aliphatic carbocycles. The Morgan fingerprint density at radius 1 is 1.33 bits per heavy atom. The summed E-state index contributed by atoms with van der Waals surface area (Å²) >= 11 is 6.04. The number of halogens is 1. The lowest BCUT2D eigenvalue weighted by atomic mass is 10.1. The molecule has 0 radical (unpaired) electrons. The Morgan fingerprint density at radius 3 is 2.62 bits per heavy atom. The molecule has 2 N–H and O–H groups in total. The van der Waals surface area contributed by atoms with Crippen LogP contribution in [0.5, 0.6) is 0 Å². The Hall–Kier alpha value is -0.850. The average molecular weight is 334 g/mol. The van der Waals surface area contributed by atoms with Gasteiger partial charge in [0.05, 0.1) is 5.02 Å². The predicted molar refractivity (Wildman–Crippen MR) is 87.3 cm³/mol. The lowest BCUT2D eigenvalue weighted by Gasteiger charge is -2.14. The molecule has 7 heteroatoms. The van der Waals surface area contributed by atoms with Crippen LogP contribution in [-0.4, -0.2) is 26.0 Å². The number of hydrogen-bond acceptors (Lipinski definition) is 4. The minimum atomic E-state index is -3.58. The van der Waals surface area contributed by atoms with Crippen LogP contribution in [0.25, 0.3) is 0 Å².